The highest BCUT2D eigenvalue weighted by Gasteiger charge is 2.08. The van der Waals surface area contributed by atoms with Crippen molar-refractivity contribution in [3.05, 3.63) is 53.4 Å². The molecule has 96 valence electrons. The van der Waals surface area contributed by atoms with Gasteiger partial charge in [0.05, 0.1) is 11.8 Å². The van der Waals surface area contributed by atoms with Crippen LogP contribution in [-0.4, -0.2) is 14.5 Å². The Morgan fingerprint density at radius 2 is 2.16 bits per heavy atom. The van der Waals surface area contributed by atoms with E-state index in [0.717, 1.165) is 16.6 Å². The smallest absolute Gasteiger partial charge is 0.242 e. The summed E-state index contributed by atoms with van der Waals surface area (Å²) < 4.78 is 7.66. The first kappa shape index (κ1) is 12.0. The Hall–Kier alpha value is -2.07. The number of benzene rings is 1. The van der Waals surface area contributed by atoms with E-state index in [1.165, 1.54) is 0 Å². The Bertz CT molecular complexity index is 724. The summed E-state index contributed by atoms with van der Waals surface area (Å²) in [4.78, 5) is 8.52. The summed E-state index contributed by atoms with van der Waals surface area (Å²) in [5.74, 6) is 0.540. The van der Waals surface area contributed by atoms with Gasteiger partial charge in [-0.3, -0.25) is 0 Å². The Labute approximate surface area is 115 Å². The number of pyridine rings is 1. The molecule has 3 aromatic rings. The summed E-state index contributed by atoms with van der Waals surface area (Å²) in [7, 11) is 1.94. The largest absolute Gasteiger partial charge is 0.471 e. The van der Waals surface area contributed by atoms with Crippen LogP contribution in [0.2, 0.25) is 5.02 Å². The average molecular weight is 274 g/mol. The first-order valence-corrected chi connectivity index (χ1v) is 6.25. The highest BCUT2D eigenvalue weighted by molar-refractivity contribution is 6.30. The molecule has 2 aromatic heterocycles. The van der Waals surface area contributed by atoms with Crippen LogP contribution in [-0.2, 0) is 13.7 Å². The van der Waals surface area contributed by atoms with Crippen LogP contribution in [0.25, 0.3) is 11.0 Å². The van der Waals surface area contributed by atoms with Gasteiger partial charge in [0.2, 0.25) is 5.88 Å². The van der Waals surface area contributed by atoms with Gasteiger partial charge in [0.1, 0.15) is 6.61 Å². The van der Waals surface area contributed by atoms with Gasteiger partial charge in [0, 0.05) is 18.3 Å². The molecule has 5 heteroatoms. The maximum atomic E-state index is 5.94. The minimum absolute atomic E-state index is 0.420. The predicted octanol–water partition coefficient (Wildman–Crippen LogP) is 3.20. The lowest BCUT2D eigenvalue weighted by molar-refractivity contribution is 0.297. The lowest BCUT2D eigenvalue weighted by Crippen LogP contribution is -1.98. The van der Waals surface area contributed by atoms with Crippen LogP contribution in [0.3, 0.4) is 0 Å². The van der Waals surface area contributed by atoms with Crippen molar-refractivity contribution < 1.29 is 4.74 Å². The molecule has 0 atom stereocenters. The Morgan fingerprint density at radius 1 is 1.26 bits per heavy atom. The molecule has 0 bridgehead atoms. The highest BCUT2D eigenvalue weighted by Crippen LogP contribution is 2.22. The molecule has 0 aliphatic carbocycles. The number of ether oxygens (including phenoxy) is 1. The van der Waals surface area contributed by atoms with Crippen molar-refractivity contribution in [2.75, 3.05) is 0 Å². The molecule has 0 saturated heterocycles. The number of fused-ring (bicyclic) bond motifs is 1. The molecular weight excluding hydrogens is 262 g/mol. The van der Waals surface area contributed by atoms with Crippen LogP contribution in [0.4, 0.5) is 0 Å². The Balaban J connectivity index is 1.86. The molecule has 0 unspecified atom stereocenters. The Kier molecular flexibility index (Phi) is 3.09. The molecule has 0 aliphatic rings. The van der Waals surface area contributed by atoms with Crippen LogP contribution in [0, 0.1) is 0 Å². The van der Waals surface area contributed by atoms with E-state index in [9.17, 15) is 0 Å². The molecule has 1 aromatic carbocycles. The SMILES string of the molecule is Cn1cnc2c(OCc3cccc(Cl)c3)nccc21. The summed E-state index contributed by atoms with van der Waals surface area (Å²) >= 11 is 5.94. The normalized spacial score (nSPS) is 10.8. The molecule has 0 aliphatic heterocycles. The number of aromatic nitrogens is 3. The molecule has 0 radical (unpaired) electrons. The third-order valence-electron chi connectivity index (χ3n) is 2.87. The standard InChI is InChI=1S/C14H12ClN3O/c1-18-9-17-13-12(18)5-6-16-14(13)19-8-10-3-2-4-11(15)7-10/h2-7,9H,8H2,1H3. The molecule has 4 nitrogen and oxygen atoms in total. The van der Waals surface area contributed by atoms with Gasteiger partial charge in [-0.15, -0.1) is 0 Å². The van der Waals surface area contributed by atoms with Crippen molar-refractivity contribution in [2.45, 2.75) is 6.61 Å². The minimum Gasteiger partial charge on any atom is -0.471 e. The van der Waals surface area contributed by atoms with Crippen molar-refractivity contribution in [3.63, 3.8) is 0 Å². The molecule has 0 saturated carbocycles. The van der Waals surface area contributed by atoms with E-state index in [4.69, 9.17) is 16.3 Å². The Morgan fingerprint density at radius 3 is 3.00 bits per heavy atom. The molecule has 2 heterocycles. The second kappa shape index (κ2) is 4.90. The first-order valence-electron chi connectivity index (χ1n) is 5.87. The van der Waals surface area contributed by atoms with Crippen molar-refractivity contribution >= 4 is 22.6 Å². The molecule has 0 spiro atoms. The zero-order valence-corrected chi connectivity index (χ0v) is 11.1. The van der Waals surface area contributed by atoms with Gasteiger partial charge in [-0.1, -0.05) is 23.7 Å². The molecule has 19 heavy (non-hydrogen) atoms. The number of imidazole rings is 1. The number of nitrogens with zero attached hydrogens (tertiary/aromatic N) is 3. The number of rotatable bonds is 3. The summed E-state index contributed by atoms with van der Waals surface area (Å²) in [5.41, 5.74) is 2.77. The second-order valence-corrected chi connectivity index (χ2v) is 4.69. The van der Waals surface area contributed by atoms with Gasteiger partial charge in [0.25, 0.3) is 0 Å². The van der Waals surface area contributed by atoms with Crippen LogP contribution in [0.5, 0.6) is 5.88 Å². The summed E-state index contributed by atoms with van der Waals surface area (Å²) in [6.45, 7) is 0.420. The van der Waals surface area contributed by atoms with E-state index in [2.05, 4.69) is 9.97 Å². The molecule has 3 rings (SSSR count). The van der Waals surface area contributed by atoms with Crippen LogP contribution in [0.1, 0.15) is 5.56 Å². The second-order valence-electron chi connectivity index (χ2n) is 4.26. The van der Waals surface area contributed by atoms with E-state index in [1.54, 1.807) is 12.5 Å². The quantitative estimate of drug-likeness (QED) is 0.736. The first-order chi connectivity index (χ1) is 9.24. The summed E-state index contributed by atoms with van der Waals surface area (Å²) in [6.07, 6.45) is 3.47. The summed E-state index contributed by atoms with van der Waals surface area (Å²) in [5, 5.41) is 0.699. The third-order valence-corrected chi connectivity index (χ3v) is 3.11. The zero-order chi connectivity index (χ0) is 13.2. The van der Waals surface area contributed by atoms with Gasteiger partial charge >= 0.3 is 0 Å². The van der Waals surface area contributed by atoms with E-state index < -0.39 is 0 Å². The average Bonchev–Trinajstić information content (AvgIpc) is 2.79. The molecule has 0 fully saturated rings. The van der Waals surface area contributed by atoms with E-state index in [1.807, 2.05) is 41.9 Å². The van der Waals surface area contributed by atoms with Gasteiger partial charge in [-0.2, -0.15) is 0 Å². The lowest BCUT2D eigenvalue weighted by atomic mass is 10.2. The third kappa shape index (κ3) is 2.39. The van der Waals surface area contributed by atoms with Crippen molar-refractivity contribution in [1.82, 2.24) is 14.5 Å². The van der Waals surface area contributed by atoms with Crippen molar-refractivity contribution in [1.29, 1.82) is 0 Å². The topological polar surface area (TPSA) is 39.9 Å². The fourth-order valence-corrected chi connectivity index (χ4v) is 2.13. The fourth-order valence-electron chi connectivity index (χ4n) is 1.92. The number of hydrogen-bond acceptors (Lipinski definition) is 3. The van der Waals surface area contributed by atoms with E-state index >= 15 is 0 Å². The van der Waals surface area contributed by atoms with Crippen LogP contribution < -0.4 is 4.74 Å². The summed E-state index contributed by atoms with van der Waals surface area (Å²) in [6, 6.07) is 9.48. The number of hydrogen-bond donors (Lipinski definition) is 0. The fraction of sp³-hybridized carbons (Fsp3) is 0.143. The van der Waals surface area contributed by atoms with E-state index in [-0.39, 0.29) is 0 Å². The van der Waals surface area contributed by atoms with Crippen LogP contribution in [0.15, 0.2) is 42.9 Å². The maximum absolute atomic E-state index is 5.94. The lowest BCUT2D eigenvalue weighted by Gasteiger charge is -2.06. The van der Waals surface area contributed by atoms with Gasteiger partial charge in [-0.25, -0.2) is 9.97 Å². The number of aryl methyl sites for hydroxylation is 1. The monoisotopic (exact) mass is 273 g/mol. The highest BCUT2D eigenvalue weighted by atomic mass is 35.5. The van der Waals surface area contributed by atoms with Gasteiger partial charge in [-0.05, 0) is 23.8 Å². The van der Waals surface area contributed by atoms with Crippen molar-refractivity contribution in [3.8, 4) is 5.88 Å². The van der Waals surface area contributed by atoms with Gasteiger partial charge in [0.15, 0.2) is 5.52 Å². The zero-order valence-electron chi connectivity index (χ0n) is 10.4. The maximum Gasteiger partial charge on any atom is 0.242 e. The molecule has 0 amide bonds. The number of halogens is 1. The molecular formula is C14H12ClN3O. The molecule has 0 N–H and O–H groups in total. The van der Waals surface area contributed by atoms with E-state index in [0.29, 0.717) is 17.5 Å². The van der Waals surface area contributed by atoms with Gasteiger partial charge < -0.3 is 9.30 Å². The minimum atomic E-state index is 0.420. The van der Waals surface area contributed by atoms with Crippen molar-refractivity contribution in [2.24, 2.45) is 7.05 Å². The predicted molar refractivity (Wildman–Crippen MR) is 74.3 cm³/mol. The van der Waals surface area contributed by atoms with Crippen LogP contribution >= 0.6 is 11.6 Å².